The number of H-pyrrole nitrogens is 1. The summed E-state index contributed by atoms with van der Waals surface area (Å²) < 4.78 is 0. The summed E-state index contributed by atoms with van der Waals surface area (Å²) in [7, 11) is 0. The van der Waals surface area contributed by atoms with Gasteiger partial charge < -0.3 is 4.98 Å². The number of nitrogens with one attached hydrogen (secondary N) is 1. The fraction of sp³-hybridized carbons (Fsp3) is 0.190. The van der Waals surface area contributed by atoms with Crippen molar-refractivity contribution in [3.63, 3.8) is 0 Å². The molecule has 0 aliphatic rings. The molecule has 1 heterocycles. The van der Waals surface area contributed by atoms with Crippen LogP contribution in [-0.2, 0) is 6.42 Å². The highest BCUT2D eigenvalue weighted by molar-refractivity contribution is 6.30. The number of aryl methyl sites for hydroxylation is 1. The SMILES string of the molecule is C=C(/C=C(\C=C/C)c1cc(C=O)c(CCC)[nH]1)c1ccc(Cl)cc1. The van der Waals surface area contributed by atoms with E-state index in [0.717, 1.165) is 52.8 Å². The van der Waals surface area contributed by atoms with Gasteiger partial charge in [0.1, 0.15) is 0 Å². The minimum Gasteiger partial charge on any atom is -0.358 e. The molecule has 1 aromatic carbocycles. The molecule has 24 heavy (non-hydrogen) atoms. The topological polar surface area (TPSA) is 32.9 Å². The Balaban J connectivity index is 2.40. The molecule has 1 aromatic heterocycles. The second kappa shape index (κ2) is 8.51. The zero-order chi connectivity index (χ0) is 17.5. The Morgan fingerprint density at radius 3 is 2.58 bits per heavy atom. The molecule has 0 atom stereocenters. The minimum absolute atomic E-state index is 0.702. The molecule has 0 aliphatic heterocycles. The summed E-state index contributed by atoms with van der Waals surface area (Å²) in [5.74, 6) is 0. The molecule has 0 aliphatic carbocycles. The standard InChI is InChI=1S/C21H22ClNO/c1-4-6-17(12-15(3)16-8-10-19(22)11-9-16)21-13-18(14-24)20(23-21)7-5-2/h4,6,8-14,23H,3,5,7H2,1-2H3/b6-4-,17-12+. The molecule has 1 N–H and O–H groups in total. The smallest absolute Gasteiger partial charge is 0.151 e. The first-order valence-electron chi connectivity index (χ1n) is 8.05. The number of allylic oxidation sites excluding steroid dienone is 5. The largest absolute Gasteiger partial charge is 0.358 e. The van der Waals surface area contributed by atoms with Gasteiger partial charge in [0, 0.05) is 22.0 Å². The highest BCUT2D eigenvalue weighted by atomic mass is 35.5. The molecule has 3 heteroatoms. The zero-order valence-corrected chi connectivity index (χ0v) is 14.9. The lowest BCUT2D eigenvalue weighted by Crippen LogP contribution is -1.89. The fourth-order valence-electron chi connectivity index (χ4n) is 2.56. The van der Waals surface area contributed by atoms with Gasteiger partial charge in [-0.25, -0.2) is 0 Å². The Bertz CT molecular complexity index is 779. The second-order valence-corrected chi connectivity index (χ2v) is 6.05. The van der Waals surface area contributed by atoms with E-state index in [4.69, 9.17) is 11.6 Å². The fourth-order valence-corrected chi connectivity index (χ4v) is 2.69. The minimum atomic E-state index is 0.702. The molecular weight excluding hydrogens is 318 g/mol. The molecule has 0 unspecified atom stereocenters. The molecule has 2 nitrogen and oxygen atoms in total. The van der Waals surface area contributed by atoms with E-state index in [1.165, 1.54) is 0 Å². The Morgan fingerprint density at radius 2 is 2.00 bits per heavy atom. The number of benzene rings is 1. The summed E-state index contributed by atoms with van der Waals surface area (Å²) in [5, 5.41) is 0.702. The van der Waals surface area contributed by atoms with Crippen molar-refractivity contribution in [2.24, 2.45) is 0 Å². The molecular formula is C21H22ClNO. The van der Waals surface area contributed by atoms with E-state index < -0.39 is 0 Å². The average Bonchev–Trinajstić information content (AvgIpc) is 2.98. The molecule has 2 rings (SSSR count). The van der Waals surface area contributed by atoms with Crippen molar-refractivity contribution in [2.45, 2.75) is 26.7 Å². The number of rotatable bonds is 7. The lowest BCUT2D eigenvalue weighted by atomic mass is 10.0. The van der Waals surface area contributed by atoms with Crippen LogP contribution in [0.2, 0.25) is 5.02 Å². The van der Waals surface area contributed by atoms with E-state index in [1.54, 1.807) is 0 Å². The molecule has 0 bridgehead atoms. The van der Waals surface area contributed by atoms with Crippen LogP contribution in [0.5, 0.6) is 0 Å². The third-order valence-corrected chi connectivity index (χ3v) is 4.01. The molecule has 0 saturated heterocycles. The van der Waals surface area contributed by atoms with Crippen LogP contribution in [-0.4, -0.2) is 11.3 Å². The van der Waals surface area contributed by atoms with Crippen molar-refractivity contribution < 1.29 is 4.79 Å². The first kappa shape index (κ1) is 18.0. The van der Waals surface area contributed by atoms with Crippen LogP contribution < -0.4 is 0 Å². The Kier molecular flexibility index (Phi) is 6.39. The van der Waals surface area contributed by atoms with Crippen LogP contribution in [0.25, 0.3) is 11.1 Å². The van der Waals surface area contributed by atoms with Gasteiger partial charge in [-0.2, -0.15) is 0 Å². The number of halogens is 1. The van der Waals surface area contributed by atoms with E-state index in [9.17, 15) is 4.79 Å². The number of carbonyl (C=O) groups excluding carboxylic acids is 1. The number of carbonyl (C=O) groups is 1. The number of aldehydes is 1. The Labute approximate surface area is 148 Å². The Morgan fingerprint density at radius 1 is 1.29 bits per heavy atom. The van der Waals surface area contributed by atoms with Gasteiger partial charge >= 0.3 is 0 Å². The van der Waals surface area contributed by atoms with Crippen LogP contribution in [0.15, 0.2) is 55.1 Å². The van der Waals surface area contributed by atoms with Crippen LogP contribution in [0.4, 0.5) is 0 Å². The zero-order valence-electron chi connectivity index (χ0n) is 14.1. The monoisotopic (exact) mass is 339 g/mol. The van der Waals surface area contributed by atoms with E-state index in [-0.39, 0.29) is 0 Å². The van der Waals surface area contributed by atoms with E-state index in [0.29, 0.717) is 5.02 Å². The second-order valence-electron chi connectivity index (χ2n) is 5.62. The van der Waals surface area contributed by atoms with Gasteiger partial charge in [-0.1, -0.05) is 55.8 Å². The summed E-state index contributed by atoms with van der Waals surface area (Å²) in [6.45, 7) is 8.22. The summed E-state index contributed by atoms with van der Waals surface area (Å²) in [4.78, 5) is 14.7. The third kappa shape index (κ3) is 4.36. The normalized spacial score (nSPS) is 11.9. The van der Waals surface area contributed by atoms with Gasteiger partial charge in [0.2, 0.25) is 0 Å². The average molecular weight is 340 g/mol. The summed E-state index contributed by atoms with van der Waals surface area (Å²) in [5.41, 5.74) is 5.52. The van der Waals surface area contributed by atoms with Crippen molar-refractivity contribution in [3.8, 4) is 0 Å². The van der Waals surface area contributed by atoms with Crippen LogP contribution in [0.3, 0.4) is 0 Å². The molecule has 124 valence electrons. The molecule has 0 fully saturated rings. The van der Waals surface area contributed by atoms with E-state index in [1.807, 2.05) is 55.5 Å². The summed E-state index contributed by atoms with van der Waals surface area (Å²) >= 11 is 5.94. The van der Waals surface area contributed by atoms with E-state index >= 15 is 0 Å². The summed E-state index contributed by atoms with van der Waals surface area (Å²) in [6.07, 6.45) is 8.75. The van der Waals surface area contributed by atoms with Gasteiger partial charge in [0.05, 0.1) is 0 Å². The highest BCUT2D eigenvalue weighted by Gasteiger charge is 2.09. The van der Waals surface area contributed by atoms with Crippen LogP contribution in [0.1, 0.15) is 47.6 Å². The highest BCUT2D eigenvalue weighted by Crippen LogP contribution is 2.25. The van der Waals surface area contributed by atoms with Crippen LogP contribution >= 0.6 is 11.6 Å². The van der Waals surface area contributed by atoms with Gasteiger partial charge in [-0.15, -0.1) is 0 Å². The van der Waals surface area contributed by atoms with Crippen molar-refractivity contribution in [1.82, 2.24) is 4.98 Å². The molecule has 2 aromatic rings. The molecule has 0 radical (unpaired) electrons. The quantitative estimate of drug-likeness (QED) is 0.479. The van der Waals surface area contributed by atoms with Gasteiger partial charge in [-0.3, -0.25) is 4.79 Å². The Hall–Kier alpha value is -2.32. The van der Waals surface area contributed by atoms with Gasteiger partial charge in [0.25, 0.3) is 0 Å². The lowest BCUT2D eigenvalue weighted by Gasteiger charge is -2.05. The molecule has 0 saturated carbocycles. The van der Waals surface area contributed by atoms with Gasteiger partial charge in [-0.05, 0) is 54.3 Å². The maximum atomic E-state index is 11.3. The van der Waals surface area contributed by atoms with Crippen molar-refractivity contribution >= 4 is 29.0 Å². The van der Waals surface area contributed by atoms with Crippen molar-refractivity contribution in [3.05, 3.63) is 82.7 Å². The number of aromatic amines is 1. The third-order valence-electron chi connectivity index (χ3n) is 3.76. The number of aromatic nitrogens is 1. The number of hydrogen-bond donors (Lipinski definition) is 1. The maximum Gasteiger partial charge on any atom is 0.151 e. The molecule has 0 spiro atoms. The van der Waals surface area contributed by atoms with Gasteiger partial charge in [0.15, 0.2) is 6.29 Å². The predicted molar refractivity (Wildman–Crippen MR) is 103 cm³/mol. The maximum absolute atomic E-state index is 11.3. The first-order chi connectivity index (χ1) is 11.6. The lowest BCUT2D eigenvalue weighted by molar-refractivity contribution is 0.112. The van der Waals surface area contributed by atoms with Crippen LogP contribution in [0, 0.1) is 0 Å². The molecule has 0 amide bonds. The summed E-state index contributed by atoms with van der Waals surface area (Å²) in [6, 6.07) is 9.50. The number of hydrogen-bond acceptors (Lipinski definition) is 1. The van der Waals surface area contributed by atoms with E-state index in [2.05, 4.69) is 18.5 Å². The van der Waals surface area contributed by atoms with Crippen molar-refractivity contribution in [1.29, 1.82) is 0 Å². The van der Waals surface area contributed by atoms with Crippen molar-refractivity contribution in [2.75, 3.05) is 0 Å². The predicted octanol–water partition coefficient (Wildman–Crippen LogP) is 6.11. The first-order valence-corrected chi connectivity index (χ1v) is 8.43.